The summed E-state index contributed by atoms with van der Waals surface area (Å²) in [7, 11) is -4.45. The van der Waals surface area contributed by atoms with Crippen molar-refractivity contribution in [1.29, 1.82) is 0 Å². The van der Waals surface area contributed by atoms with Gasteiger partial charge in [-0.05, 0) is 38.5 Å². The van der Waals surface area contributed by atoms with Crippen molar-refractivity contribution < 1.29 is 47.8 Å². The molecule has 318 valence electrons. The number of nitrogens with two attached hydrogens (primary N) is 1. The van der Waals surface area contributed by atoms with E-state index < -0.39 is 44.7 Å². The van der Waals surface area contributed by atoms with Gasteiger partial charge in [-0.3, -0.25) is 18.6 Å². The number of esters is 2. The van der Waals surface area contributed by atoms with E-state index in [0.29, 0.717) is 25.7 Å². The van der Waals surface area contributed by atoms with Crippen LogP contribution < -0.4 is 5.73 Å². The molecular formula is C43H76NO10P. The number of carbonyl (C=O) groups excluding carboxylic acids is 2. The van der Waals surface area contributed by atoms with Gasteiger partial charge in [0, 0.05) is 19.4 Å². The Kier molecular flexibility index (Phi) is 36.8. The van der Waals surface area contributed by atoms with E-state index in [0.717, 1.165) is 32.1 Å². The monoisotopic (exact) mass is 798 g/mol. The zero-order chi connectivity index (χ0) is 40.7. The number of aliphatic hydroxyl groups excluding tert-OH is 2. The maximum Gasteiger partial charge on any atom is 0.472 e. The number of rotatable bonds is 38. The van der Waals surface area contributed by atoms with Crippen LogP contribution in [0.15, 0.2) is 60.8 Å². The number of carbonyl (C=O) groups is 2. The molecule has 0 aromatic heterocycles. The minimum Gasteiger partial charge on any atom is -0.462 e. The second kappa shape index (κ2) is 38.5. The molecule has 5 N–H and O–H groups in total. The SMILES string of the molecule is CC/C=C\C/C=C\CC(O)/C=C/C=C\C=C\C(O)CCCC(=O)OC(COC(=O)CCCCCCCCCCCCCCCCC)COP(=O)(O)OCCN. The van der Waals surface area contributed by atoms with Gasteiger partial charge in [0.15, 0.2) is 6.10 Å². The van der Waals surface area contributed by atoms with E-state index in [1.165, 1.54) is 70.6 Å². The number of allylic oxidation sites excluding steroid dienone is 7. The average molecular weight is 798 g/mol. The molecule has 0 bridgehead atoms. The number of aliphatic hydroxyl groups is 2. The molecule has 0 fully saturated rings. The van der Waals surface area contributed by atoms with E-state index in [4.69, 9.17) is 24.3 Å². The van der Waals surface area contributed by atoms with Crippen molar-refractivity contribution in [3.05, 3.63) is 60.8 Å². The minimum absolute atomic E-state index is 0.0115. The quantitative estimate of drug-likeness (QED) is 0.0154. The fourth-order valence-electron chi connectivity index (χ4n) is 5.46. The van der Waals surface area contributed by atoms with Crippen LogP contribution >= 0.6 is 7.82 Å². The van der Waals surface area contributed by atoms with E-state index >= 15 is 0 Å². The van der Waals surface area contributed by atoms with Gasteiger partial charge in [-0.15, -0.1) is 0 Å². The standard InChI is InChI=1S/C43H76NO10P/c1-3-5-7-9-11-12-13-14-15-16-17-18-19-21-27-33-42(47)51-37-41(38-53-55(49,50)52-36-35-44)54-43(48)34-28-32-40(46)31-26-23-22-25-30-39(45)29-24-20-10-8-6-4-2/h6,8,20,22-26,30-31,39-41,45-46H,3-5,7,9-19,21,27-29,32-38,44H2,1-2H3,(H,49,50)/b8-6-,23-22-,24-20-,30-25+,31-26+. The van der Waals surface area contributed by atoms with E-state index in [2.05, 4.69) is 26.0 Å². The fraction of sp³-hybridized carbons (Fsp3) is 0.721. The average Bonchev–Trinajstić information content (AvgIpc) is 3.16. The van der Waals surface area contributed by atoms with Crippen molar-refractivity contribution >= 4 is 19.8 Å². The van der Waals surface area contributed by atoms with E-state index in [1.807, 2.05) is 12.2 Å². The molecule has 0 aliphatic heterocycles. The van der Waals surface area contributed by atoms with Gasteiger partial charge in [-0.1, -0.05) is 164 Å². The summed E-state index contributed by atoms with van der Waals surface area (Å²) >= 11 is 0. The number of hydrogen-bond donors (Lipinski definition) is 4. The van der Waals surface area contributed by atoms with Crippen molar-refractivity contribution in [3.63, 3.8) is 0 Å². The Hall–Kier alpha value is -2.37. The normalized spacial score (nSPS) is 15.1. The predicted molar refractivity (Wildman–Crippen MR) is 222 cm³/mol. The Balaban J connectivity index is 4.45. The van der Waals surface area contributed by atoms with Crippen LogP contribution in [-0.4, -0.2) is 71.7 Å². The van der Waals surface area contributed by atoms with E-state index in [9.17, 15) is 29.3 Å². The summed E-state index contributed by atoms with van der Waals surface area (Å²) < 4.78 is 32.5. The lowest BCUT2D eigenvalue weighted by atomic mass is 10.0. The second-order valence-electron chi connectivity index (χ2n) is 13.9. The highest BCUT2D eigenvalue weighted by Crippen LogP contribution is 2.43. The fourth-order valence-corrected chi connectivity index (χ4v) is 6.22. The van der Waals surface area contributed by atoms with Crippen LogP contribution in [0.3, 0.4) is 0 Å². The number of phosphoric ester groups is 1. The van der Waals surface area contributed by atoms with Gasteiger partial charge in [0.05, 0.1) is 25.4 Å². The Labute approximate surface area is 333 Å². The molecule has 0 aliphatic rings. The van der Waals surface area contributed by atoms with Crippen LogP contribution in [0, 0.1) is 0 Å². The molecule has 0 radical (unpaired) electrons. The summed E-state index contributed by atoms with van der Waals surface area (Å²) in [5, 5.41) is 20.3. The van der Waals surface area contributed by atoms with Gasteiger partial charge in [0.1, 0.15) is 6.61 Å². The third-order valence-electron chi connectivity index (χ3n) is 8.61. The zero-order valence-corrected chi connectivity index (χ0v) is 35.0. The highest BCUT2D eigenvalue weighted by Gasteiger charge is 2.26. The van der Waals surface area contributed by atoms with Gasteiger partial charge < -0.3 is 30.3 Å². The third-order valence-corrected chi connectivity index (χ3v) is 9.59. The van der Waals surface area contributed by atoms with E-state index in [-0.39, 0.29) is 32.6 Å². The molecular weight excluding hydrogens is 721 g/mol. The van der Waals surface area contributed by atoms with Gasteiger partial charge >= 0.3 is 19.8 Å². The Bertz CT molecular complexity index is 1120. The maximum absolute atomic E-state index is 12.6. The third kappa shape index (κ3) is 38.3. The van der Waals surface area contributed by atoms with Crippen molar-refractivity contribution in [3.8, 4) is 0 Å². The first-order valence-electron chi connectivity index (χ1n) is 21.0. The summed E-state index contributed by atoms with van der Waals surface area (Å²) in [6, 6.07) is 0. The predicted octanol–water partition coefficient (Wildman–Crippen LogP) is 9.66. The van der Waals surface area contributed by atoms with Crippen molar-refractivity contribution in [2.75, 3.05) is 26.4 Å². The molecule has 4 atom stereocenters. The highest BCUT2D eigenvalue weighted by atomic mass is 31.2. The van der Waals surface area contributed by atoms with Crippen LogP contribution in [0.1, 0.15) is 155 Å². The molecule has 0 rings (SSSR count). The molecule has 0 aliphatic carbocycles. The second-order valence-corrected chi connectivity index (χ2v) is 15.3. The van der Waals surface area contributed by atoms with Gasteiger partial charge in [0.25, 0.3) is 0 Å². The Morgan fingerprint density at radius 2 is 1.20 bits per heavy atom. The lowest BCUT2D eigenvalue weighted by Gasteiger charge is -2.20. The van der Waals surface area contributed by atoms with Gasteiger partial charge in [-0.25, -0.2) is 4.57 Å². The van der Waals surface area contributed by atoms with Crippen LogP contribution in [0.5, 0.6) is 0 Å². The Morgan fingerprint density at radius 3 is 1.78 bits per heavy atom. The van der Waals surface area contributed by atoms with Crippen LogP contribution in [0.4, 0.5) is 0 Å². The molecule has 0 aromatic carbocycles. The molecule has 0 saturated heterocycles. The topological polar surface area (TPSA) is 175 Å². The number of phosphoric acid groups is 1. The lowest BCUT2D eigenvalue weighted by molar-refractivity contribution is -0.161. The molecule has 4 unspecified atom stereocenters. The zero-order valence-electron chi connectivity index (χ0n) is 34.1. The van der Waals surface area contributed by atoms with Crippen LogP contribution in [-0.2, 0) is 32.7 Å². The molecule has 12 heteroatoms. The summed E-state index contributed by atoms with van der Waals surface area (Å²) in [5.74, 6) is -1.07. The summed E-state index contributed by atoms with van der Waals surface area (Å²) in [5.41, 5.74) is 5.32. The Morgan fingerprint density at radius 1 is 0.655 bits per heavy atom. The first-order chi connectivity index (χ1) is 26.6. The molecule has 55 heavy (non-hydrogen) atoms. The molecule has 0 aromatic rings. The summed E-state index contributed by atoms with van der Waals surface area (Å²) in [4.78, 5) is 34.8. The number of hydrogen-bond acceptors (Lipinski definition) is 10. The van der Waals surface area contributed by atoms with E-state index in [1.54, 1.807) is 36.5 Å². The molecule has 0 saturated carbocycles. The highest BCUT2D eigenvalue weighted by molar-refractivity contribution is 7.47. The van der Waals surface area contributed by atoms with Crippen molar-refractivity contribution in [1.82, 2.24) is 0 Å². The largest absolute Gasteiger partial charge is 0.472 e. The minimum atomic E-state index is -4.45. The van der Waals surface area contributed by atoms with Crippen molar-refractivity contribution in [2.24, 2.45) is 5.73 Å². The summed E-state index contributed by atoms with van der Waals surface area (Å²) in [6.07, 6.45) is 37.4. The van der Waals surface area contributed by atoms with Gasteiger partial charge in [-0.2, -0.15) is 0 Å². The maximum atomic E-state index is 12.6. The lowest BCUT2D eigenvalue weighted by Crippen LogP contribution is -2.29. The van der Waals surface area contributed by atoms with Crippen LogP contribution in [0.2, 0.25) is 0 Å². The molecule has 0 amide bonds. The number of unbranched alkanes of at least 4 members (excludes halogenated alkanes) is 14. The smallest absolute Gasteiger partial charge is 0.462 e. The first-order valence-corrected chi connectivity index (χ1v) is 22.5. The number of ether oxygens (including phenoxy) is 2. The molecule has 11 nitrogen and oxygen atoms in total. The molecule has 0 heterocycles. The van der Waals surface area contributed by atoms with Crippen LogP contribution in [0.25, 0.3) is 0 Å². The first kappa shape index (κ1) is 52.6. The van der Waals surface area contributed by atoms with Crippen molar-refractivity contribution in [2.45, 2.75) is 173 Å². The van der Waals surface area contributed by atoms with Gasteiger partial charge in [0.2, 0.25) is 0 Å². The summed E-state index contributed by atoms with van der Waals surface area (Å²) in [6.45, 7) is 3.29. The molecule has 0 spiro atoms.